The Hall–Kier alpha value is -1.87. The maximum atomic E-state index is 5.91. The van der Waals surface area contributed by atoms with Gasteiger partial charge in [0.25, 0.3) is 0 Å². The van der Waals surface area contributed by atoms with E-state index in [9.17, 15) is 0 Å². The quantitative estimate of drug-likeness (QED) is 0.811. The number of halogens is 1. The molecule has 3 nitrogen and oxygen atoms in total. The number of rotatable bonds is 6. The van der Waals surface area contributed by atoms with Crippen molar-refractivity contribution in [3.63, 3.8) is 0 Å². The summed E-state index contributed by atoms with van der Waals surface area (Å²) in [7, 11) is 1.66. The van der Waals surface area contributed by atoms with Gasteiger partial charge in [0, 0.05) is 11.6 Å². The second-order valence-electron chi connectivity index (χ2n) is 4.39. The Morgan fingerprint density at radius 3 is 2.65 bits per heavy atom. The third kappa shape index (κ3) is 3.81. The predicted molar refractivity (Wildman–Crippen MR) is 83.2 cm³/mol. The summed E-state index contributed by atoms with van der Waals surface area (Å²) in [6, 6.07) is 13.4. The van der Waals surface area contributed by atoms with Crippen LogP contribution in [0.4, 0.5) is 5.69 Å². The van der Waals surface area contributed by atoms with Gasteiger partial charge in [0.15, 0.2) is 0 Å². The monoisotopic (exact) mass is 291 g/mol. The van der Waals surface area contributed by atoms with Crippen LogP contribution in [0, 0.1) is 6.92 Å². The van der Waals surface area contributed by atoms with Crippen molar-refractivity contribution in [2.45, 2.75) is 6.92 Å². The Kier molecular flexibility index (Phi) is 5.13. The summed E-state index contributed by atoms with van der Waals surface area (Å²) in [6.07, 6.45) is 0. The SMILES string of the molecule is COc1ccccc1NCCOc1ccc(Cl)cc1C. The Morgan fingerprint density at radius 2 is 1.90 bits per heavy atom. The molecule has 2 aromatic rings. The fourth-order valence-electron chi connectivity index (χ4n) is 1.91. The molecular weight excluding hydrogens is 274 g/mol. The summed E-state index contributed by atoms with van der Waals surface area (Å²) in [6.45, 7) is 3.25. The molecule has 0 aliphatic heterocycles. The molecular formula is C16H18ClNO2. The predicted octanol–water partition coefficient (Wildman–Crippen LogP) is 4.15. The van der Waals surface area contributed by atoms with E-state index in [1.807, 2.05) is 49.4 Å². The third-order valence-corrected chi connectivity index (χ3v) is 3.15. The standard InChI is InChI=1S/C16H18ClNO2/c1-12-11-13(17)7-8-15(12)20-10-9-18-14-5-3-4-6-16(14)19-2/h3-8,11,18H,9-10H2,1-2H3. The first-order valence-electron chi connectivity index (χ1n) is 6.46. The van der Waals surface area contributed by atoms with Crippen LogP contribution in [0.3, 0.4) is 0 Å². The normalized spacial score (nSPS) is 10.2. The molecule has 0 unspecified atom stereocenters. The molecule has 0 radical (unpaired) electrons. The van der Waals surface area contributed by atoms with Gasteiger partial charge in [-0.25, -0.2) is 0 Å². The van der Waals surface area contributed by atoms with E-state index in [0.29, 0.717) is 13.2 Å². The minimum atomic E-state index is 0.570. The third-order valence-electron chi connectivity index (χ3n) is 2.92. The average Bonchev–Trinajstić information content (AvgIpc) is 2.46. The molecule has 4 heteroatoms. The number of benzene rings is 2. The van der Waals surface area contributed by atoms with Crippen LogP contribution in [0.15, 0.2) is 42.5 Å². The molecule has 0 aromatic heterocycles. The molecule has 0 bridgehead atoms. The minimum absolute atomic E-state index is 0.570. The molecule has 2 aromatic carbocycles. The van der Waals surface area contributed by atoms with Crippen LogP contribution in [-0.2, 0) is 0 Å². The van der Waals surface area contributed by atoms with E-state index in [0.717, 1.165) is 27.8 Å². The van der Waals surface area contributed by atoms with Crippen LogP contribution in [0.2, 0.25) is 5.02 Å². The Bertz CT molecular complexity index is 572. The molecule has 0 heterocycles. The first kappa shape index (κ1) is 14.5. The van der Waals surface area contributed by atoms with Crippen LogP contribution in [0.1, 0.15) is 5.56 Å². The zero-order valence-corrected chi connectivity index (χ0v) is 12.4. The second kappa shape index (κ2) is 7.06. The highest BCUT2D eigenvalue weighted by molar-refractivity contribution is 6.30. The average molecular weight is 292 g/mol. The lowest BCUT2D eigenvalue weighted by molar-refractivity contribution is 0.330. The van der Waals surface area contributed by atoms with Gasteiger partial charge in [0.2, 0.25) is 0 Å². The van der Waals surface area contributed by atoms with Gasteiger partial charge in [-0.05, 0) is 42.8 Å². The minimum Gasteiger partial charge on any atom is -0.495 e. The van der Waals surface area contributed by atoms with Crippen LogP contribution >= 0.6 is 11.6 Å². The molecule has 0 aliphatic rings. The van der Waals surface area contributed by atoms with Crippen LogP contribution in [0.25, 0.3) is 0 Å². The van der Waals surface area contributed by atoms with Crippen molar-refractivity contribution >= 4 is 17.3 Å². The topological polar surface area (TPSA) is 30.5 Å². The van der Waals surface area contributed by atoms with E-state index < -0.39 is 0 Å². The number of hydrogen-bond acceptors (Lipinski definition) is 3. The van der Waals surface area contributed by atoms with E-state index in [1.165, 1.54) is 0 Å². The summed E-state index contributed by atoms with van der Waals surface area (Å²) in [5.41, 5.74) is 2.00. The second-order valence-corrected chi connectivity index (χ2v) is 4.82. The van der Waals surface area contributed by atoms with Gasteiger partial charge < -0.3 is 14.8 Å². The Morgan fingerprint density at radius 1 is 1.10 bits per heavy atom. The van der Waals surface area contributed by atoms with Crippen molar-refractivity contribution < 1.29 is 9.47 Å². The largest absolute Gasteiger partial charge is 0.495 e. The number of aryl methyl sites for hydroxylation is 1. The van der Waals surface area contributed by atoms with Crippen molar-refractivity contribution in [1.82, 2.24) is 0 Å². The summed E-state index contributed by atoms with van der Waals surface area (Å²) < 4.78 is 11.0. The van der Waals surface area contributed by atoms with Crippen molar-refractivity contribution in [3.8, 4) is 11.5 Å². The van der Waals surface area contributed by atoms with Crippen molar-refractivity contribution in [2.75, 3.05) is 25.6 Å². The number of para-hydroxylation sites is 2. The number of methoxy groups -OCH3 is 1. The lowest BCUT2D eigenvalue weighted by Crippen LogP contribution is -2.12. The lowest BCUT2D eigenvalue weighted by atomic mass is 10.2. The van der Waals surface area contributed by atoms with Crippen LogP contribution < -0.4 is 14.8 Å². The Labute approximate surface area is 124 Å². The van der Waals surface area contributed by atoms with Gasteiger partial charge in [-0.3, -0.25) is 0 Å². The lowest BCUT2D eigenvalue weighted by Gasteiger charge is -2.12. The zero-order chi connectivity index (χ0) is 14.4. The molecule has 0 atom stereocenters. The maximum absolute atomic E-state index is 5.91. The molecule has 106 valence electrons. The smallest absolute Gasteiger partial charge is 0.141 e. The number of ether oxygens (including phenoxy) is 2. The van der Waals surface area contributed by atoms with Crippen molar-refractivity contribution in [2.24, 2.45) is 0 Å². The van der Waals surface area contributed by atoms with Crippen molar-refractivity contribution in [3.05, 3.63) is 53.1 Å². The van der Waals surface area contributed by atoms with Gasteiger partial charge in [-0.15, -0.1) is 0 Å². The van der Waals surface area contributed by atoms with Crippen LogP contribution in [-0.4, -0.2) is 20.3 Å². The zero-order valence-electron chi connectivity index (χ0n) is 11.7. The first-order chi connectivity index (χ1) is 9.70. The summed E-state index contributed by atoms with van der Waals surface area (Å²) in [5.74, 6) is 1.69. The highest BCUT2D eigenvalue weighted by Crippen LogP contribution is 2.23. The highest BCUT2D eigenvalue weighted by atomic mass is 35.5. The van der Waals surface area contributed by atoms with E-state index in [2.05, 4.69) is 5.32 Å². The molecule has 0 spiro atoms. The molecule has 1 N–H and O–H groups in total. The molecule has 0 fully saturated rings. The van der Waals surface area contributed by atoms with Gasteiger partial charge in [0.05, 0.1) is 12.8 Å². The van der Waals surface area contributed by atoms with Crippen LogP contribution in [0.5, 0.6) is 11.5 Å². The van der Waals surface area contributed by atoms with Gasteiger partial charge in [-0.1, -0.05) is 23.7 Å². The van der Waals surface area contributed by atoms with E-state index in [4.69, 9.17) is 21.1 Å². The Balaban J connectivity index is 1.84. The number of anilines is 1. The van der Waals surface area contributed by atoms with Gasteiger partial charge >= 0.3 is 0 Å². The van der Waals surface area contributed by atoms with E-state index in [-0.39, 0.29) is 0 Å². The first-order valence-corrected chi connectivity index (χ1v) is 6.84. The highest BCUT2D eigenvalue weighted by Gasteiger charge is 2.02. The number of hydrogen-bond donors (Lipinski definition) is 1. The summed E-state index contributed by atoms with van der Waals surface area (Å²) >= 11 is 5.91. The molecule has 2 rings (SSSR count). The summed E-state index contributed by atoms with van der Waals surface area (Å²) in [4.78, 5) is 0. The molecule has 0 amide bonds. The maximum Gasteiger partial charge on any atom is 0.141 e. The molecule has 0 saturated heterocycles. The fraction of sp³-hybridized carbons (Fsp3) is 0.250. The molecule has 0 aliphatic carbocycles. The number of nitrogens with one attached hydrogen (secondary N) is 1. The van der Waals surface area contributed by atoms with E-state index in [1.54, 1.807) is 7.11 Å². The molecule has 0 saturated carbocycles. The fourth-order valence-corrected chi connectivity index (χ4v) is 2.14. The van der Waals surface area contributed by atoms with Gasteiger partial charge in [0.1, 0.15) is 18.1 Å². The van der Waals surface area contributed by atoms with Gasteiger partial charge in [-0.2, -0.15) is 0 Å². The van der Waals surface area contributed by atoms with Crippen molar-refractivity contribution in [1.29, 1.82) is 0 Å². The summed E-state index contributed by atoms with van der Waals surface area (Å²) in [5, 5.41) is 4.01. The van der Waals surface area contributed by atoms with E-state index >= 15 is 0 Å². The molecule has 20 heavy (non-hydrogen) atoms.